The zero-order chi connectivity index (χ0) is 23.7. The predicted molar refractivity (Wildman–Crippen MR) is 132 cm³/mol. The number of nitrogens with one attached hydrogen (secondary N) is 2. The Morgan fingerprint density at radius 3 is 2.65 bits per heavy atom. The van der Waals surface area contributed by atoms with E-state index < -0.39 is 0 Å². The predicted octanol–water partition coefficient (Wildman–Crippen LogP) is 4.44. The fourth-order valence-corrected chi connectivity index (χ4v) is 4.38. The summed E-state index contributed by atoms with van der Waals surface area (Å²) in [5.74, 6) is -0.408. The normalized spacial score (nSPS) is 15.3. The zero-order valence-electron chi connectivity index (χ0n) is 17.7. The van der Waals surface area contributed by atoms with Gasteiger partial charge in [0.1, 0.15) is 6.33 Å². The van der Waals surface area contributed by atoms with E-state index >= 15 is 0 Å². The zero-order valence-corrected chi connectivity index (χ0v) is 19.4. The number of anilines is 2. The van der Waals surface area contributed by atoms with Crippen LogP contribution in [0.4, 0.5) is 11.4 Å². The number of hydrazine groups is 1. The highest BCUT2D eigenvalue weighted by atomic mass is 35.5. The third-order valence-electron chi connectivity index (χ3n) is 5.50. The van der Waals surface area contributed by atoms with Gasteiger partial charge in [0.2, 0.25) is 5.91 Å². The van der Waals surface area contributed by atoms with Crippen LogP contribution >= 0.6 is 24.2 Å². The maximum atomic E-state index is 12.9. The first-order valence-corrected chi connectivity index (χ1v) is 11.3. The first-order valence-electron chi connectivity index (χ1n) is 10.4. The Morgan fingerprint density at radius 1 is 1.09 bits per heavy atom. The van der Waals surface area contributed by atoms with E-state index in [0.29, 0.717) is 33.5 Å². The Hall–Kier alpha value is -3.82. The summed E-state index contributed by atoms with van der Waals surface area (Å²) in [7, 11) is 0. The summed E-state index contributed by atoms with van der Waals surface area (Å²) in [6, 6.07) is 21.8. The Bertz CT molecular complexity index is 1380. The average molecular weight is 491 g/mol. The molecule has 2 amide bonds. The highest BCUT2D eigenvalue weighted by Gasteiger charge is 2.33. The van der Waals surface area contributed by atoms with Gasteiger partial charge in [-0.3, -0.25) is 24.6 Å². The van der Waals surface area contributed by atoms with Crippen LogP contribution in [0, 0.1) is 0 Å². The van der Waals surface area contributed by atoms with E-state index in [2.05, 4.69) is 33.6 Å². The molecular weight excluding hydrogens is 472 g/mol. The van der Waals surface area contributed by atoms with Gasteiger partial charge in [-0.2, -0.15) is 0 Å². The fraction of sp³-hybridized carbons (Fsp3) is 0.0833. The van der Waals surface area contributed by atoms with Crippen LogP contribution in [-0.2, 0) is 4.79 Å². The molecule has 8 nitrogen and oxygen atoms in total. The van der Waals surface area contributed by atoms with E-state index in [1.165, 1.54) is 0 Å². The van der Waals surface area contributed by atoms with Crippen LogP contribution < -0.4 is 15.8 Å². The molecule has 5 rings (SSSR count). The molecular formula is C24H19ClN6O2S. The summed E-state index contributed by atoms with van der Waals surface area (Å²) in [6.07, 6.45) is 1.86. The molecule has 3 aromatic carbocycles. The lowest BCUT2D eigenvalue weighted by atomic mass is 10.0. The maximum absolute atomic E-state index is 12.9. The SMILES string of the molecule is O=C1CC(c2ccccc2)N(c2ccc(C(=O)Nc3cccc(-n4cnnc4S)c3)cc2Cl)N1. The van der Waals surface area contributed by atoms with E-state index in [9.17, 15) is 9.59 Å². The summed E-state index contributed by atoms with van der Waals surface area (Å²) >= 11 is 10.8. The van der Waals surface area contributed by atoms with Crippen LogP contribution in [0.15, 0.2) is 84.3 Å². The minimum absolute atomic E-state index is 0.0934. The molecule has 2 N–H and O–H groups in total. The van der Waals surface area contributed by atoms with E-state index in [0.717, 1.165) is 11.3 Å². The molecule has 2 heterocycles. The number of halogens is 1. The smallest absolute Gasteiger partial charge is 0.255 e. The van der Waals surface area contributed by atoms with Gasteiger partial charge in [0.05, 0.1) is 28.9 Å². The van der Waals surface area contributed by atoms with Gasteiger partial charge in [-0.1, -0.05) is 48.0 Å². The molecule has 0 aliphatic carbocycles. The molecule has 1 atom stereocenters. The molecule has 1 aliphatic heterocycles. The van der Waals surface area contributed by atoms with Gasteiger partial charge in [-0.25, -0.2) is 0 Å². The van der Waals surface area contributed by atoms with Crippen molar-refractivity contribution in [3.05, 3.63) is 95.3 Å². The van der Waals surface area contributed by atoms with Gasteiger partial charge in [0, 0.05) is 11.3 Å². The van der Waals surface area contributed by atoms with E-state index in [1.807, 2.05) is 42.5 Å². The van der Waals surface area contributed by atoms with Crippen LogP contribution in [0.1, 0.15) is 28.4 Å². The number of hydrogen-bond acceptors (Lipinski definition) is 6. The highest BCUT2D eigenvalue weighted by Crippen LogP contribution is 2.36. The molecule has 4 aromatic rings. The quantitative estimate of drug-likeness (QED) is 0.360. The van der Waals surface area contributed by atoms with Crippen LogP contribution in [0.2, 0.25) is 5.02 Å². The second kappa shape index (κ2) is 9.20. The fourth-order valence-electron chi connectivity index (χ4n) is 3.89. The largest absolute Gasteiger partial charge is 0.322 e. The highest BCUT2D eigenvalue weighted by molar-refractivity contribution is 7.80. The standard InChI is InChI=1S/C24H19ClN6O2S/c25-19-11-16(23(33)27-17-7-4-8-18(12-17)30-14-26-28-24(30)34)9-10-20(19)31-21(13-22(32)29-31)15-5-2-1-3-6-15/h1-12,14,21H,13H2,(H,27,33)(H,28,34)(H,29,32). The third kappa shape index (κ3) is 4.35. The van der Waals surface area contributed by atoms with Crippen molar-refractivity contribution < 1.29 is 9.59 Å². The molecule has 0 bridgehead atoms. The Morgan fingerprint density at radius 2 is 1.91 bits per heavy atom. The number of amides is 2. The Balaban J connectivity index is 1.36. The Labute approximate surface area is 205 Å². The Kier molecular flexibility index (Phi) is 5.95. The van der Waals surface area contributed by atoms with Gasteiger partial charge in [0.15, 0.2) is 5.16 Å². The van der Waals surface area contributed by atoms with Crippen molar-refractivity contribution in [2.45, 2.75) is 17.6 Å². The summed E-state index contributed by atoms with van der Waals surface area (Å²) < 4.78 is 1.69. The number of carbonyl (C=O) groups excluding carboxylic acids is 2. The van der Waals surface area contributed by atoms with Crippen LogP contribution in [0.3, 0.4) is 0 Å². The molecule has 34 heavy (non-hydrogen) atoms. The van der Waals surface area contributed by atoms with Crippen molar-refractivity contribution in [1.29, 1.82) is 0 Å². The van der Waals surface area contributed by atoms with E-state index in [-0.39, 0.29) is 17.9 Å². The molecule has 1 aliphatic rings. The van der Waals surface area contributed by atoms with E-state index in [1.54, 1.807) is 46.2 Å². The number of thiol groups is 1. The van der Waals surface area contributed by atoms with Gasteiger partial charge < -0.3 is 5.32 Å². The van der Waals surface area contributed by atoms with Crippen molar-refractivity contribution in [3.63, 3.8) is 0 Å². The van der Waals surface area contributed by atoms with Crippen LogP contribution in [0.25, 0.3) is 5.69 Å². The lowest BCUT2D eigenvalue weighted by Gasteiger charge is -2.26. The number of hydrogen-bond donors (Lipinski definition) is 3. The van der Waals surface area contributed by atoms with Gasteiger partial charge >= 0.3 is 0 Å². The molecule has 0 radical (unpaired) electrons. The lowest BCUT2D eigenvalue weighted by Crippen LogP contribution is -2.35. The molecule has 1 unspecified atom stereocenters. The second-order valence-corrected chi connectivity index (χ2v) is 8.51. The molecule has 1 aromatic heterocycles. The minimum atomic E-state index is -0.314. The summed E-state index contributed by atoms with van der Waals surface area (Å²) in [5, 5.41) is 13.1. The number of rotatable bonds is 5. The first kappa shape index (κ1) is 22.0. The summed E-state index contributed by atoms with van der Waals surface area (Å²) in [5.41, 5.74) is 6.23. The van der Waals surface area contributed by atoms with Crippen molar-refractivity contribution in [2.75, 3.05) is 10.3 Å². The van der Waals surface area contributed by atoms with Gasteiger partial charge in [0.25, 0.3) is 5.91 Å². The topological polar surface area (TPSA) is 92.2 Å². The summed E-state index contributed by atoms with van der Waals surface area (Å²) in [4.78, 5) is 25.1. The summed E-state index contributed by atoms with van der Waals surface area (Å²) in [6.45, 7) is 0. The molecule has 1 saturated heterocycles. The number of benzene rings is 3. The third-order valence-corrected chi connectivity index (χ3v) is 6.11. The van der Waals surface area contributed by atoms with Crippen LogP contribution in [-0.4, -0.2) is 26.6 Å². The van der Waals surface area contributed by atoms with Crippen molar-refractivity contribution in [1.82, 2.24) is 20.2 Å². The van der Waals surface area contributed by atoms with Crippen molar-refractivity contribution in [2.24, 2.45) is 0 Å². The minimum Gasteiger partial charge on any atom is -0.322 e. The van der Waals surface area contributed by atoms with Crippen molar-refractivity contribution in [3.8, 4) is 5.69 Å². The van der Waals surface area contributed by atoms with Gasteiger partial charge in [-0.05, 0) is 42.0 Å². The second-order valence-electron chi connectivity index (χ2n) is 7.71. The van der Waals surface area contributed by atoms with E-state index in [4.69, 9.17) is 11.6 Å². The first-order chi connectivity index (χ1) is 16.5. The average Bonchev–Trinajstić information content (AvgIpc) is 3.45. The number of carbonyl (C=O) groups is 2. The maximum Gasteiger partial charge on any atom is 0.255 e. The molecule has 170 valence electrons. The molecule has 1 fully saturated rings. The van der Waals surface area contributed by atoms with Crippen molar-refractivity contribution >= 4 is 47.4 Å². The van der Waals surface area contributed by atoms with Gasteiger partial charge in [-0.15, -0.1) is 22.8 Å². The monoisotopic (exact) mass is 490 g/mol. The molecule has 0 spiro atoms. The molecule has 0 saturated carbocycles. The molecule has 10 heteroatoms. The lowest BCUT2D eigenvalue weighted by molar-refractivity contribution is -0.119. The number of aromatic nitrogens is 3. The number of nitrogens with zero attached hydrogens (tertiary/aromatic N) is 4. The van der Waals surface area contributed by atoms with Crippen LogP contribution in [0.5, 0.6) is 0 Å².